The molecule has 0 spiro atoms. The number of hydrogen-bond donors (Lipinski definition) is 0. The maximum absolute atomic E-state index is 13.7. The second-order valence-corrected chi connectivity index (χ2v) is 5.08. The molecule has 1 atom stereocenters. The van der Waals surface area contributed by atoms with Gasteiger partial charge in [-0.2, -0.15) is 0 Å². The Labute approximate surface area is 111 Å². The number of nitrogens with zero attached hydrogens (tertiary/aromatic N) is 2. The van der Waals surface area contributed by atoms with E-state index in [0.29, 0.717) is 6.54 Å². The summed E-state index contributed by atoms with van der Waals surface area (Å²) in [6.45, 7) is 2.21. The molecule has 1 fully saturated rings. The summed E-state index contributed by atoms with van der Waals surface area (Å²) in [6, 6.07) is 3.31. The molecule has 1 aromatic carbocycles. The van der Waals surface area contributed by atoms with Crippen molar-refractivity contribution < 1.29 is 13.6 Å². The molecule has 0 amide bonds. The first-order chi connectivity index (χ1) is 9.00. The van der Waals surface area contributed by atoms with Crippen molar-refractivity contribution in [2.75, 3.05) is 33.7 Å². The van der Waals surface area contributed by atoms with Crippen LogP contribution in [0.2, 0.25) is 0 Å². The van der Waals surface area contributed by atoms with E-state index < -0.39 is 17.7 Å². The molecule has 0 bridgehead atoms. The molecule has 3 nitrogen and oxygen atoms in total. The zero-order chi connectivity index (χ0) is 14.0. The number of likely N-dealkylation sites (N-methyl/N-ethyl adjacent to an activating group) is 2. The second kappa shape index (κ2) is 5.75. The van der Waals surface area contributed by atoms with Gasteiger partial charge in [0.2, 0.25) is 0 Å². The average Bonchev–Trinajstić information content (AvgIpc) is 2.54. The number of rotatable bonds is 2. The highest BCUT2D eigenvalue weighted by Crippen LogP contribution is 2.17. The van der Waals surface area contributed by atoms with Crippen LogP contribution >= 0.6 is 0 Å². The fourth-order valence-corrected chi connectivity index (χ4v) is 2.43. The minimum Gasteiger partial charge on any atom is -0.304 e. The van der Waals surface area contributed by atoms with Crippen LogP contribution in [0.15, 0.2) is 18.2 Å². The molecule has 0 N–H and O–H groups in total. The quantitative estimate of drug-likeness (QED) is 0.764. The molecular formula is C14H18F2N2O. The highest BCUT2D eigenvalue weighted by atomic mass is 19.2. The van der Waals surface area contributed by atoms with Crippen molar-refractivity contribution in [3.8, 4) is 0 Å². The maximum atomic E-state index is 13.7. The summed E-state index contributed by atoms with van der Waals surface area (Å²) in [4.78, 5) is 16.4. The Morgan fingerprint density at radius 3 is 2.74 bits per heavy atom. The van der Waals surface area contributed by atoms with Crippen LogP contribution in [-0.4, -0.2) is 55.4 Å². The number of carbonyl (C=O) groups is 1. The topological polar surface area (TPSA) is 23.6 Å². The summed E-state index contributed by atoms with van der Waals surface area (Å²) in [7, 11) is 3.78. The van der Waals surface area contributed by atoms with Gasteiger partial charge in [0, 0.05) is 6.54 Å². The van der Waals surface area contributed by atoms with Gasteiger partial charge < -0.3 is 4.90 Å². The van der Waals surface area contributed by atoms with Gasteiger partial charge in [0.1, 0.15) is 0 Å². The van der Waals surface area contributed by atoms with Crippen molar-refractivity contribution in [2.24, 2.45) is 0 Å². The summed E-state index contributed by atoms with van der Waals surface area (Å²) in [5.74, 6) is -2.38. The van der Waals surface area contributed by atoms with Crippen molar-refractivity contribution in [1.29, 1.82) is 0 Å². The molecule has 104 valence electrons. The predicted molar refractivity (Wildman–Crippen MR) is 69.2 cm³/mol. The van der Waals surface area contributed by atoms with Crippen LogP contribution in [0.3, 0.4) is 0 Å². The first-order valence-electron chi connectivity index (χ1n) is 6.37. The Morgan fingerprint density at radius 2 is 2.00 bits per heavy atom. The molecule has 0 aromatic heterocycles. The van der Waals surface area contributed by atoms with Gasteiger partial charge >= 0.3 is 0 Å². The minimum absolute atomic E-state index is 0.160. The van der Waals surface area contributed by atoms with Crippen LogP contribution in [0.5, 0.6) is 0 Å². The third kappa shape index (κ3) is 2.98. The normalized spacial score (nSPS) is 22.2. The zero-order valence-electron chi connectivity index (χ0n) is 11.2. The third-order valence-corrected chi connectivity index (χ3v) is 3.59. The Balaban J connectivity index is 2.28. The zero-order valence-corrected chi connectivity index (χ0v) is 11.2. The standard InChI is InChI=1S/C14H18F2N2O/c1-17-7-4-8-18(2)12(9-17)14(19)10-5-3-6-11(15)13(10)16/h3,5-6,12H,4,7-9H2,1-2H3. The Bertz CT molecular complexity index is 479. The summed E-state index contributed by atoms with van der Waals surface area (Å²) in [5, 5.41) is 0. The van der Waals surface area contributed by atoms with Gasteiger partial charge in [-0.3, -0.25) is 9.69 Å². The summed E-state index contributed by atoms with van der Waals surface area (Å²) < 4.78 is 26.9. The second-order valence-electron chi connectivity index (χ2n) is 5.08. The average molecular weight is 268 g/mol. The third-order valence-electron chi connectivity index (χ3n) is 3.59. The van der Waals surface area contributed by atoms with E-state index >= 15 is 0 Å². The van der Waals surface area contributed by atoms with Crippen molar-refractivity contribution >= 4 is 5.78 Å². The molecule has 1 aromatic rings. The maximum Gasteiger partial charge on any atom is 0.184 e. The number of carbonyl (C=O) groups excluding carboxylic acids is 1. The van der Waals surface area contributed by atoms with Crippen molar-refractivity contribution in [3.63, 3.8) is 0 Å². The Kier molecular flexibility index (Phi) is 4.27. The van der Waals surface area contributed by atoms with Crippen LogP contribution in [0.1, 0.15) is 16.8 Å². The number of Topliss-reactive ketones (excluding diaryl/α,β-unsaturated/α-hetero) is 1. The lowest BCUT2D eigenvalue weighted by Crippen LogP contribution is -2.44. The van der Waals surface area contributed by atoms with Gasteiger partial charge in [-0.25, -0.2) is 8.78 Å². The molecule has 1 aliphatic rings. The number of ketones is 1. The van der Waals surface area contributed by atoms with E-state index in [4.69, 9.17) is 0 Å². The Morgan fingerprint density at radius 1 is 1.26 bits per heavy atom. The molecule has 0 aliphatic carbocycles. The fourth-order valence-electron chi connectivity index (χ4n) is 2.43. The lowest BCUT2D eigenvalue weighted by atomic mass is 10.0. The van der Waals surface area contributed by atoms with E-state index in [1.807, 2.05) is 23.9 Å². The molecule has 0 radical (unpaired) electrons. The van der Waals surface area contributed by atoms with Gasteiger partial charge in [-0.1, -0.05) is 6.07 Å². The number of hydrogen-bond acceptors (Lipinski definition) is 3. The highest BCUT2D eigenvalue weighted by Gasteiger charge is 2.29. The van der Waals surface area contributed by atoms with Crippen LogP contribution in [-0.2, 0) is 0 Å². The van der Waals surface area contributed by atoms with E-state index in [1.165, 1.54) is 12.1 Å². The molecule has 5 heteroatoms. The van der Waals surface area contributed by atoms with Crippen molar-refractivity contribution in [3.05, 3.63) is 35.4 Å². The van der Waals surface area contributed by atoms with Gasteiger partial charge in [-0.05, 0) is 45.7 Å². The van der Waals surface area contributed by atoms with E-state index in [1.54, 1.807) is 0 Å². The van der Waals surface area contributed by atoms with E-state index in [-0.39, 0.29) is 11.3 Å². The van der Waals surface area contributed by atoms with E-state index in [2.05, 4.69) is 0 Å². The lowest BCUT2D eigenvalue weighted by molar-refractivity contribution is 0.0834. The number of benzene rings is 1. The lowest BCUT2D eigenvalue weighted by Gasteiger charge is -2.26. The predicted octanol–water partition coefficient (Wildman–Crippen LogP) is 1.78. The summed E-state index contributed by atoms with van der Waals surface area (Å²) in [5.41, 5.74) is -0.160. The molecule has 1 heterocycles. The first kappa shape index (κ1) is 14.1. The highest BCUT2D eigenvalue weighted by molar-refractivity contribution is 6.00. The van der Waals surface area contributed by atoms with Crippen molar-refractivity contribution in [2.45, 2.75) is 12.5 Å². The summed E-state index contributed by atoms with van der Waals surface area (Å²) >= 11 is 0. The SMILES string of the molecule is CN1CCCN(C)C(C(=O)c2cccc(F)c2F)C1. The van der Waals surface area contributed by atoms with Crippen molar-refractivity contribution in [1.82, 2.24) is 9.80 Å². The van der Waals surface area contributed by atoms with E-state index in [9.17, 15) is 13.6 Å². The first-order valence-corrected chi connectivity index (χ1v) is 6.37. The molecule has 2 rings (SSSR count). The Hall–Kier alpha value is -1.33. The van der Waals surface area contributed by atoms with Crippen LogP contribution < -0.4 is 0 Å². The fraction of sp³-hybridized carbons (Fsp3) is 0.500. The van der Waals surface area contributed by atoms with Crippen LogP contribution in [0, 0.1) is 11.6 Å². The smallest absolute Gasteiger partial charge is 0.184 e. The molecule has 19 heavy (non-hydrogen) atoms. The van der Waals surface area contributed by atoms with Gasteiger partial charge in [0.05, 0.1) is 11.6 Å². The largest absolute Gasteiger partial charge is 0.304 e. The summed E-state index contributed by atoms with van der Waals surface area (Å²) in [6.07, 6.45) is 0.961. The molecular weight excluding hydrogens is 250 g/mol. The number of halogens is 2. The van der Waals surface area contributed by atoms with Gasteiger partial charge in [0.25, 0.3) is 0 Å². The van der Waals surface area contributed by atoms with Crippen LogP contribution in [0.25, 0.3) is 0 Å². The van der Waals surface area contributed by atoms with Crippen LogP contribution in [0.4, 0.5) is 8.78 Å². The monoisotopic (exact) mass is 268 g/mol. The van der Waals surface area contributed by atoms with Gasteiger partial charge in [-0.15, -0.1) is 0 Å². The molecule has 1 unspecified atom stereocenters. The minimum atomic E-state index is -1.05. The molecule has 1 saturated heterocycles. The molecule has 0 saturated carbocycles. The molecule has 1 aliphatic heterocycles. The van der Waals surface area contributed by atoms with Gasteiger partial charge in [0.15, 0.2) is 17.4 Å². The van der Waals surface area contributed by atoms with E-state index in [0.717, 1.165) is 25.6 Å².